The molecule has 0 atom stereocenters. The molecule has 0 spiro atoms. The molecule has 94 valence electrons. The van der Waals surface area contributed by atoms with E-state index in [0.29, 0.717) is 24.5 Å². The van der Waals surface area contributed by atoms with Gasteiger partial charge in [0.05, 0.1) is 18.1 Å². The highest BCUT2D eigenvalue weighted by molar-refractivity contribution is 7.90. The normalized spacial score (nSPS) is 18.7. The smallest absolute Gasteiger partial charge is 0.175 e. The van der Waals surface area contributed by atoms with E-state index < -0.39 is 9.84 Å². The van der Waals surface area contributed by atoms with E-state index in [-0.39, 0.29) is 12.0 Å². The van der Waals surface area contributed by atoms with E-state index in [1.807, 2.05) is 12.1 Å². The van der Waals surface area contributed by atoms with Crippen LogP contribution in [-0.2, 0) is 20.0 Å². The first kappa shape index (κ1) is 12.5. The fraction of sp³-hybridized carbons (Fsp3) is 0.500. The fourth-order valence-corrected chi connectivity index (χ4v) is 2.70. The number of hydrogen-bond acceptors (Lipinski definition) is 4. The van der Waals surface area contributed by atoms with Crippen LogP contribution in [0.2, 0.25) is 0 Å². The summed E-state index contributed by atoms with van der Waals surface area (Å²) >= 11 is 0. The van der Waals surface area contributed by atoms with Crippen molar-refractivity contribution in [2.24, 2.45) is 0 Å². The van der Waals surface area contributed by atoms with E-state index in [1.54, 1.807) is 12.1 Å². The van der Waals surface area contributed by atoms with Gasteiger partial charge >= 0.3 is 0 Å². The van der Waals surface area contributed by atoms with Crippen LogP contribution in [0.25, 0.3) is 0 Å². The number of benzene rings is 1. The molecule has 0 radical (unpaired) electrons. The van der Waals surface area contributed by atoms with Gasteiger partial charge in [0.15, 0.2) is 9.84 Å². The average molecular weight is 256 g/mol. The van der Waals surface area contributed by atoms with Crippen molar-refractivity contribution in [1.82, 2.24) is 0 Å². The molecule has 0 aliphatic carbocycles. The van der Waals surface area contributed by atoms with Crippen LogP contribution in [0.5, 0.6) is 0 Å². The summed E-state index contributed by atoms with van der Waals surface area (Å²) in [6, 6.07) is 6.85. The summed E-state index contributed by atoms with van der Waals surface area (Å²) < 4.78 is 27.9. The number of hydrogen-bond donors (Lipinski definition) is 1. The van der Waals surface area contributed by atoms with Gasteiger partial charge in [0, 0.05) is 18.3 Å². The molecule has 5 heteroatoms. The van der Waals surface area contributed by atoms with E-state index in [1.165, 1.54) is 6.26 Å². The lowest BCUT2D eigenvalue weighted by Gasteiger charge is -2.41. The van der Waals surface area contributed by atoms with Crippen molar-refractivity contribution >= 4 is 9.84 Å². The van der Waals surface area contributed by atoms with Crippen LogP contribution in [-0.4, -0.2) is 39.6 Å². The first-order chi connectivity index (χ1) is 7.98. The second-order valence-corrected chi connectivity index (χ2v) is 6.56. The highest BCUT2D eigenvalue weighted by Crippen LogP contribution is 2.35. The first-order valence-corrected chi connectivity index (χ1v) is 7.36. The minimum Gasteiger partial charge on any atom is -0.396 e. The van der Waals surface area contributed by atoms with Gasteiger partial charge in [-0.25, -0.2) is 8.42 Å². The molecule has 0 saturated carbocycles. The van der Waals surface area contributed by atoms with Gasteiger partial charge < -0.3 is 9.84 Å². The summed E-state index contributed by atoms with van der Waals surface area (Å²) in [6.45, 7) is 1.29. The zero-order valence-electron chi connectivity index (χ0n) is 9.72. The Hall–Kier alpha value is -0.910. The van der Waals surface area contributed by atoms with Gasteiger partial charge in [0.2, 0.25) is 0 Å². The average Bonchev–Trinajstić information content (AvgIpc) is 2.22. The molecule has 0 aromatic heterocycles. The van der Waals surface area contributed by atoms with Crippen molar-refractivity contribution in [3.8, 4) is 0 Å². The molecule has 1 saturated heterocycles. The Bertz CT molecular complexity index is 486. The molecule has 1 fully saturated rings. The van der Waals surface area contributed by atoms with Gasteiger partial charge in [-0.3, -0.25) is 0 Å². The SMILES string of the molecule is CS(=O)(=O)c1ccc(C2(CCO)COC2)cc1. The van der Waals surface area contributed by atoms with Gasteiger partial charge in [-0.2, -0.15) is 0 Å². The standard InChI is InChI=1S/C12H16O4S/c1-17(14,15)11-4-2-10(3-5-11)12(6-7-13)8-16-9-12/h2-5,13H,6-9H2,1H3. The Morgan fingerprint density at radius 3 is 2.24 bits per heavy atom. The molecule has 1 aliphatic heterocycles. The van der Waals surface area contributed by atoms with Gasteiger partial charge in [-0.1, -0.05) is 12.1 Å². The van der Waals surface area contributed by atoms with E-state index in [2.05, 4.69) is 0 Å². The van der Waals surface area contributed by atoms with Crippen LogP contribution in [0.4, 0.5) is 0 Å². The molecule has 0 unspecified atom stereocenters. The summed E-state index contributed by atoms with van der Waals surface area (Å²) in [6.07, 6.45) is 1.84. The lowest BCUT2D eigenvalue weighted by molar-refractivity contribution is -0.0701. The number of ether oxygens (including phenoxy) is 1. The summed E-state index contributed by atoms with van der Waals surface area (Å²) in [4.78, 5) is 0.320. The predicted octanol–water partition coefficient (Wildman–Crippen LogP) is 0.741. The first-order valence-electron chi connectivity index (χ1n) is 5.47. The fourth-order valence-electron chi connectivity index (χ4n) is 2.07. The lowest BCUT2D eigenvalue weighted by Crippen LogP contribution is -2.47. The third-order valence-corrected chi connectivity index (χ3v) is 4.37. The number of sulfone groups is 1. The summed E-state index contributed by atoms with van der Waals surface area (Å²) in [5.41, 5.74) is 0.898. The lowest BCUT2D eigenvalue weighted by atomic mass is 9.76. The van der Waals surface area contributed by atoms with Gasteiger partial charge in [-0.05, 0) is 24.1 Å². The van der Waals surface area contributed by atoms with E-state index >= 15 is 0 Å². The molecule has 1 aliphatic rings. The molecule has 1 heterocycles. The molecule has 0 bridgehead atoms. The van der Waals surface area contributed by atoms with Crippen molar-refractivity contribution in [1.29, 1.82) is 0 Å². The number of aliphatic hydroxyl groups excluding tert-OH is 1. The maximum atomic E-state index is 11.3. The van der Waals surface area contributed by atoms with Crippen molar-refractivity contribution < 1.29 is 18.3 Å². The van der Waals surface area contributed by atoms with Crippen LogP contribution in [0.3, 0.4) is 0 Å². The Kier molecular flexibility index (Phi) is 3.25. The number of aliphatic hydroxyl groups is 1. The van der Waals surface area contributed by atoms with E-state index in [9.17, 15) is 8.42 Å². The van der Waals surface area contributed by atoms with Crippen molar-refractivity contribution in [2.45, 2.75) is 16.7 Å². The minimum absolute atomic E-state index is 0.108. The van der Waals surface area contributed by atoms with Gasteiger partial charge in [-0.15, -0.1) is 0 Å². The Morgan fingerprint density at radius 2 is 1.88 bits per heavy atom. The largest absolute Gasteiger partial charge is 0.396 e. The molecule has 17 heavy (non-hydrogen) atoms. The van der Waals surface area contributed by atoms with Gasteiger partial charge in [0.25, 0.3) is 0 Å². The molecule has 1 aromatic rings. The van der Waals surface area contributed by atoms with E-state index in [4.69, 9.17) is 9.84 Å². The highest BCUT2D eigenvalue weighted by atomic mass is 32.2. The summed E-state index contributed by atoms with van der Waals surface area (Å²) in [5, 5.41) is 9.06. The molecule has 0 amide bonds. The molecule has 2 rings (SSSR count). The summed E-state index contributed by atoms with van der Waals surface area (Å²) in [7, 11) is -3.15. The zero-order valence-corrected chi connectivity index (χ0v) is 10.5. The monoisotopic (exact) mass is 256 g/mol. The third-order valence-electron chi connectivity index (χ3n) is 3.24. The van der Waals surface area contributed by atoms with Crippen LogP contribution < -0.4 is 0 Å². The van der Waals surface area contributed by atoms with Crippen molar-refractivity contribution in [2.75, 3.05) is 26.1 Å². The van der Waals surface area contributed by atoms with Gasteiger partial charge in [0.1, 0.15) is 0 Å². The second-order valence-electron chi connectivity index (χ2n) is 4.54. The minimum atomic E-state index is -3.15. The Morgan fingerprint density at radius 1 is 1.29 bits per heavy atom. The van der Waals surface area contributed by atoms with E-state index in [0.717, 1.165) is 5.56 Å². The second kappa shape index (κ2) is 4.40. The molecule has 1 aromatic carbocycles. The topological polar surface area (TPSA) is 63.6 Å². The highest BCUT2D eigenvalue weighted by Gasteiger charge is 2.39. The third kappa shape index (κ3) is 2.36. The maximum absolute atomic E-state index is 11.3. The van der Waals surface area contributed by atoms with Crippen LogP contribution in [0, 0.1) is 0 Å². The molecule has 4 nitrogen and oxygen atoms in total. The molecular formula is C12H16O4S. The Labute approximate surface area is 101 Å². The number of rotatable bonds is 4. The maximum Gasteiger partial charge on any atom is 0.175 e. The zero-order chi connectivity index (χ0) is 12.5. The quantitative estimate of drug-likeness (QED) is 0.863. The Balaban J connectivity index is 2.29. The molecular weight excluding hydrogens is 240 g/mol. The summed E-state index contributed by atoms with van der Waals surface area (Å²) in [5.74, 6) is 0. The van der Waals surface area contributed by atoms with Crippen molar-refractivity contribution in [3.63, 3.8) is 0 Å². The van der Waals surface area contributed by atoms with Crippen molar-refractivity contribution in [3.05, 3.63) is 29.8 Å². The van der Waals surface area contributed by atoms with Crippen LogP contribution in [0.15, 0.2) is 29.2 Å². The van der Waals surface area contributed by atoms with Crippen LogP contribution in [0.1, 0.15) is 12.0 Å². The predicted molar refractivity (Wildman–Crippen MR) is 63.8 cm³/mol. The van der Waals surface area contributed by atoms with Crippen LogP contribution >= 0.6 is 0 Å². The molecule has 1 N–H and O–H groups in total.